The first-order chi connectivity index (χ1) is 10.7. The van der Waals surface area contributed by atoms with E-state index in [1.54, 1.807) is 11.7 Å². The van der Waals surface area contributed by atoms with Crippen molar-refractivity contribution < 1.29 is 4.74 Å². The van der Waals surface area contributed by atoms with Crippen molar-refractivity contribution in [2.75, 3.05) is 7.11 Å². The zero-order chi connectivity index (χ0) is 15.5. The molecule has 3 rings (SSSR count). The second-order valence-electron chi connectivity index (χ2n) is 5.09. The SMILES string of the molecule is COc1ccc(-n2ccc(-c3ccccc3)c(C)c2=O)cc1. The van der Waals surface area contributed by atoms with Crippen LogP contribution in [0, 0.1) is 6.92 Å². The zero-order valence-electron chi connectivity index (χ0n) is 12.6. The molecule has 0 aliphatic carbocycles. The van der Waals surface area contributed by atoms with Crippen molar-refractivity contribution in [3.63, 3.8) is 0 Å². The van der Waals surface area contributed by atoms with Crippen molar-refractivity contribution in [2.24, 2.45) is 0 Å². The molecule has 0 atom stereocenters. The molecule has 0 aliphatic heterocycles. The topological polar surface area (TPSA) is 31.2 Å². The summed E-state index contributed by atoms with van der Waals surface area (Å²) in [7, 11) is 1.62. The number of aromatic nitrogens is 1. The van der Waals surface area contributed by atoms with Gasteiger partial charge < -0.3 is 4.74 Å². The lowest BCUT2D eigenvalue weighted by molar-refractivity contribution is 0.414. The number of ether oxygens (including phenoxy) is 1. The van der Waals surface area contributed by atoms with Crippen molar-refractivity contribution in [1.29, 1.82) is 0 Å². The van der Waals surface area contributed by atoms with Gasteiger partial charge >= 0.3 is 0 Å². The first kappa shape index (κ1) is 14.1. The van der Waals surface area contributed by atoms with E-state index < -0.39 is 0 Å². The summed E-state index contributed by atoms with van der Waals surface area (Å²) in [6.45, 7) is 1.87. The fourth-order valence-corrected chi connectivity index (χ4v) is 2.51. The van der Waals surface area contributed by atoms with Gasteiger partial charge in [-0.15, -0.1) is 0 Å². The van der Waals surface area contributed by atoms with Gasteiger partial charge in [0, 0.05) is 17.4 Å². The molecule has 1 aromatic heterocycles. The summed E-state index contributed by atoms with van der Waals surface area (Å²) in [6, 6.07) is 19.4. The molecule has 3 nitrogen and oxygen atoms in total. The Kier molecular flexibility index (Phi) is 3.79. The van der Waals surface area contributed by atoms with E-state index in [0.717, 1.165) is 28.1 Å². The Morgan fingerprint density at radius 2 is 1.59 bits per heavy atom. The predicted octanol–water partition coefficient (Wildman–Crippen LogP) is 3.82. The molecular weight excluding hydrogens is 274 g/mol. The largest absolute Gasteiger partial charge is 0.497 e. The van der Waals surface area contributed by atoms with Crippen LogP contribution in [0.15, 0.2) is 71.7 Å². The molecule has 3 heteroatoms. The van der Waals surface area contributed by atoms with Gasteiger partial charge in [-0.2, -0.15) is 0 Å². The van der Waals surface area contributed by atoms with Crippen LogP contribution in [-0.2, 0) is 0 Å². The molecule has 22 heavy (non-hydrogen) atoms. The van der Waals surface area contributed by atoms with E-state index in [1.165, 1.54) is 0 Å². The molecule has 0 fully saturated rings. The maximum absolute atomic E-state index is 12.6. The predicted molar refractivity (Wildman–Crippen MR) is 88.8 cm³/mol. The maximum Gasteiger partial charge on any atom is 0.258 e. The van der Waals surface area contributed by atoms with E-state index in [1.807, 2.05) is 73.8 Å². The third-order valence-electron chi connectivity index (χ3n) is 3.77. The Balaban J connectivity index is 2.08. The minimum absolute atomic E-state index is 0.00785. The van der Waals surface area contributed by atoms with E-state index in [2.05, 4.69) is 0 Å². The molecule has 3 aromatic rings. The highest BCUT2D eigenvalue weighted by Gasteiger charge is 2.08. The second-order valence-corrected chi connectivity index (χ2v) is 5.09. The van der Waals surface area contributed by atoms with E-state index >= 15 is 0 Å². The number of nitrogens with zero attached hydrogens (tertiary/aromatic N) is 1. The summed E-state index contributed by atoms with van der Waals surface area (Å²) in [4.78, 5) is 12.6. The van der Waals surface area contributed by atoms with Crippen LogP contribution in [0.25, 0.3) is 16.8 Å². The normalized spacial score (nSPS) is 10.5. The number of hydrogen-bond acceptors (Lipinski definition) is 2. The quantitative estimate of drug-likeness (QED) is 0.734. The molecule has 0 saturated heterocycles. The molecule has 2 aromatic carbocycles. The van der Waals surface area contributed by atoms with Crippen molar-refractivity contribution in [3.05, 3.63) is 82.8 Å². The number of rotatable bonds is 3. The minimum atomic E-state index is -0.00785. The molecule has 110 valence electrons. The van der Waals surface area contributed by atoms with Crippen LogP contribution in [0.1, 0.15) is 5.56 Å². The van der Waals surface area contributed by atoms with Gasteiger partial charge in [-0.3, -0.25) is 9.36 Å². The fraction of sp³-hybridized carbons (Fsp3) is 0.105. The van der Waals surface area contributed by atoms with Gasteiger partial charge in [-0.05, 0) is 48.4 Å². The van der Waals surface area contributed by atoms with Crippen LogP contribution < -0.4 is 10.3 Å². The Labute approximate surface area is 129 Å². The number of benzene rings is 2. The molecule has 0 unspecified atom stereocenters. The van der Waals surface area contributed by atoms with Gasteiger partial charge in [0.05, 0.1) is 7.11 Å². The van der Waals surface area contributed by atoms with Crippen LogP contribution in [-0.4, -0.2) is 11.7 Å². The maximum atomic E-state index is 12.6. The van der Waals surface area contributed by atoms with Gasteiger partial charge in [-0.1, -0.05) is 30.3 Å². The highest BCUT2D eigenvalue weighted by Crippen LogP contribution is 2.21. The first-order valence-electron chi connectivity index (χ1n) is 7.13. The van der Waals surface area contributed by atoms with Gasteiger partial charge in [-0.25, -0.2) is 0 Å². The van der Waals surface area contributed by atoms with Gasteiger partial charge in [0.2, 0.25) is 0 Å². The van der Waals surface area contributed by atoms with Crippen LogP contribution >= 0.6 is 0 Å². The number of hydrogen-bond donors (Lipinski definition) is 0. The highest BCUT2D eigenvalue weighted by atomic mass is 16.5. The van der Waals surface area contributed by atoms with Gasteiger partial charge in [0.15, 0.2) is 0 Å². The summed E-state index contributed by atoms with van der Waals surface area (Å²) in [6.07, 6.45) is 1.82. The second kappa shape index (κ2) is 5.90. The Bertz CT molecular complexity index is 834. The molecule has 0 bridgehead atoms. The smallest absolute Gasteiger partial charge is 0.258 e. The van der Waals surface area contributed by atoms with Crippen LogP contribution in [0.4, 0.5) is 0 Å². The molecular formula is C19H17NO2. The minimum Gasteiger partial charge on any atom is -0.497 e. The summed E-state index contributed by atoms with van der Waals surface area (Å²) in [5, 5.41) is 0. The summed E-state index contributed by atoms with van der Waals surface area (Å²) in [5.74, 6) is 0.773. The van der Waals surface area contributed by atoms with E-state index in [0.29, 0.717) is 0 Å². The van der Waals surface area contributed by atoms with Gasteiger partial charge in [0.1, 0.15) is 5.75 Å². The fourth-order valence-electron chi connectivity index (χ4n) is 2.51. The molecule has 0 amide bonds. The molecule has 1 heterocycles. The summed E-state index contributed by atoms with van der Waals surface area (Å²) in [5.41, 5.74) is 3.58. The van der Waals surface area contributed by atoms with Crippen molar-refractivity contribution in [2.45, 2.75) is 6.92 Å². The Hall–Kier alpha value is -2.81. The third-order valence-corrected chi connectivity index (χ3v) is 3.77. The zero-order valence-corrected chi connectivity index (χ0v) is 12.6. The van der Waals surface area contributed by atoms with Crippen LogP contribution in [0.3, 0.4) is 0 Å². The Morgan fingerprint density at radius 1 is 0.909 bits per heavy atom. The number of pyridine rings is 1. The molecule has 0 saturated carbocycles. The first-order valence-corrected chi connectivity index (χ1v) is 7.13. The van der Waals surface area contributed by atoms with E-state index in [9.17, 15) is 4.79 Å². The van der Waals surface area contributed by atoms with Crippen molar-refractivity contribution in [1.82, 2.24) is 4.57 Å². The lowest BCUT2D eigenvalue weighted by atomic mass is 10.0. The lowest BCUT2D eigenvalue weighted by Crippen LogP contribution is -2.20. The van der Waals surface area contributed by atoms with Crippen molar-refractivity contribution >= 4 is 0 Å². The molecule has 0 N–H and O–H groups in total. The Morgan fingerprint density at radius 3 is 2.23 bits per heavy atom. The van der Waals surface area contributed by atoms with E-state index in [-0.39, 0.29) is 5.56 Å². The number of methoxy groups -OCH3 is 1. The molecule has 0 radical (unpaired) electrons. The highest BCUT2D eigenvalue weighted by molar-refractivity contribution is 5.66. The average molecular weight is 291 g/mol. The summed E-state index contributed by atoms with van der Waals surface area (Å²) < 4.78 is 6.80. The third kappa shape index (κ3) is 2.53. The lowest BCUT2D eigenvalue weighted by Gasteiger charge is -2.11. The monoisotopic (exact) mass is 291 g/mol. The van der Waals surface area contributed by atoms with Crippen molar-refractivity contribution in [3.8, 4) is 22.6 Å². The van der Waals surface area contributed by atoms with Crippen LogP contribution in [0.5, 0.6) is 5.75 Å². The van der Waals surface area contributed by atoms with E-state index in [4.69, 9.17) is 4.74 Å². The average Bonchev–Trinajstić information content (AvgIpc) is 2.58. The van der Waals surface area contributed by atoms with Gasteiger partial charge in [0.25, 0.3) is 5.56 Å². The molecule has 0 spiro atoms. The van der Waals surface area contributed by atoms with Crippen LogP contribution in [0.2, 0.25) is 0 Å². The molecule has 0 aliphatic rings. The summed E-state index contributed by atoms with van der Waals surface area (Å²) >= 11 is 0. The standard InChI is InChI=1S/C19H17NO2/c1-14-18(15-6-4-3-5-7-15)12-13-20(19(14)21)16-8-10-17(22-2)11-9-16/h3-13H,1-2H3.